The Kier molecular flexibility index (Phi) is 7.77. The van der Waals surface area contributed by atoms with Crippen molar-refractivity contribution in [1.29, 1.82) is 0 Å². The molecular weight excluding hydrogens is 451 g/mol. The molecule has 1 amide bonds. The zero-order valence-electron chi connectivity index (χ0n) is 16.8. The third-order valence-corrected chi connectivity index (χ3v) is 6.00. The molecule has 0 heterocycles. The third kappa shape index (κ3) is 7.02. The molecule has 0 saturated carbocycles. The number of sulfonamides is 1. The van der Waals surface area contributed by atoms with Crippen LogP contribution in [0.5, 0.6) is 0 Å². The number of rotatable bonds is 7. The molecule has 0 saturated heterocycles. The number of anilines is 1. The Hall–Kier alpha value is -2.06. The Bertz CT molecular complexity index is 986. The molecule has 0 spiro atoms. The number of nitrogens with one attached hydrogen (secondary N) is 1. The van der Waals surface area contributed by atoms with Gasteiger partial charge in [0.05, 0.1) is 10.6 Å². The molecule has 1 aromatic rings. The molecule has 0 radical (unpaired) electrons. The van der Waals surface area contributed by atoms with Crippen molar-refractivity contribution < 1.29 is 39.5 Å². The van der Waals surface area contributed by atoms with Crippen LogP contribution in [0.4, 0.5) is 23.7 Å². The lowest BCUT2D eigenvalue weighted by Crippen LogP contribution is -2.35. The second kappa shape index (κ2) is 8.98. The van der Waals surface area contributed by atoms with Crippen LogP contribution in [0.25, 0.3) is 0 Å². The zero-order valence-corrected chi connectivity index (χ0v) is 18.4. The number of carbonyl (C=O) groups excluding carboxylic acids is 1. The van der Waals surface area contributed by atoms with Crippen molar-refractivity contribution in [2.45, 2.75) is 48.1 Å². The molecular formula is C16H24F3N3O6S2. The SMILES string of the molecule is CN(CCCNc1ccc(S(N)(=O)=O)cc1S(=O)(=O)C(F)(F)F)C(=O)OC(C)(C)C. The van der Waals surface area contributed by atoms with E-state index in [4.69, 9.17) is 9.88 Å². The van der Waals surface area contributed by atoms with E-state index in [0.29, 0.717) is 6.07 Å². The molecule has 0 aliphatic heterocycles. The lowest BCUT2D eigenvalue weighted by atomic mass is 10.2. The topological polar surface area (TPSA) is 136 Å². The highest BCUT2D eigenvalue weighted by atomic mass is 32.2. The van der Waals surface area contributed by atoms with Gasteiger partial charge in [0.1, 0.15) is 10.5 Å². The van der Waals surface area contributed by atoms with Gasteiger partial charge in [-0.1, -0.05) is 0 Å². The maximum Gasteiger partial charge on any atom is 0.501 e. The molecule has 172 valence electrons. The summed E-state index contributed by atoms with van der Waals surface area (Å²) in [6.07, 6.45) is -0.363. The maximum absolute atomic E-state index is 13.0. The first-order valence-electron chi connectivity index (χ1n) is 8.52. The minimum atomic E-state index is -5.84. The normalized spacial score (nSPS) is 13.1. The van der Waals surface area contributed by atoms with E-state index in [1.54, 1.807) is 20.8 Å². The van der Waals surface area contributed by atoms with Crippen LogP contribution in [0, 0.1) is 0 Å². The second-order valence-electron chi connectivity index (χ2n) is 7.33. The van der Waals surface area contributed by atoms with Crippen LogP contribution in [0.2, 0.25) is 0 Å². The average Bonchev–Trinajstić information content (AvgIpc) is 2.54. The summed E-state index contributed by atoms with van der Waals surface area (Å²) in [5, 5.41) is 7.40. The quantitative estimate of drug-likeness (QED) is 0.578. The van der Waals surface area contributed by atoms with Crippen molar-refractivity contribution in [2.75, 3.05) is 25.5 Å². The summed E-state index contributed by atoms with van der Waals surface area (Å²) < 4.78 is 90.6. The molecule has 0 unspecified atom stereocenters. The van der Waals surface area contributed by atoms with E-state index in [1.165, 1.54) is 11.9 Å². The Morgan fingerprint density at radius 1 is 1.17 bits per heavy atom. The molecule has 0 aliphatic rings. The molecule has 0 fully saturated rings. The highest BCUT2D eigenvalue weighted by molar-refractivity contribution is 7.92. The summed E-state index contributed by atoms with van der Waals surface area (Å²) >= 11 is 0. The first-order valence-corrected chi connectivity index (χ1v) is 11.6. The molecule has 1 aromatic carbocycles. The van der Waals surface area contributed by atoms with E-state index < -0.39 is 52.5 Å². The average molecular weight is 476 g/mol. The van der Waals surface area contributed by atoms with Gasteiger partial charge in [0, 0.05) is 20.1 Å². The summed E-state index contributed by atoms with van der Waals surface area (Å²) in [6.45, 7) is 5.22. The predicted octanol–water partition coefficient (Wildman–Crippen LogP) is 2.30. The second-order valence-corrected chi connectivity index (χ2v) is 10.8. The fourth-order valence-electron chi connectivity index (χ4n) is 2.14. The molecule has 3 N–H and O–H groups in total. The first kappa shape index (κ1) is 26.0. The van der Waals surface area contributed by atoms with Gasteiger partial charge in [0.25, 0.3) is 9.84 Å². The van der Waals surface area contributed by atoms with Gasteiger partial charge in [-0.05, 0) is 45.4 Å². The molecule has 0 aliphatic carbocycles. The lowest BCUT2D eigenvalue weighted by molar-refractivity contribution is -0.0435. The smallest absolute Gasteiger partial charge is 0.444 e. The predicted molar refractivity (Wildman–Crippen MR) is 103 cm³/mol. The molecule has 0 aromatic heterocycles. The van der Waals surface area contributed by atoms with Gasteiger partial charge >= 0.3 is 11.6 Å². The number of halogens is 3. The van der Waals surface area contributed by atoms with Crippen LogP contribution in [0.1, 0.15) is 27.2 Å². The number of alkyl halides is 3. The van der Waals surface area contributed by atoms with Gasteiger partial charge < -0.3 is 15.0 Å². The number of nitrogens with two attached hydrogens (primary N) is 1. The van der Waals surface area contributed by atoms with E-state index in [2.05, 4.69) is 5.32 Å². The summed E-state index contributed by atoms with van der Waals surface area (Å²) in [6, 6.07) is 2.13. The third-order valence-electron chi connectivity index (χ3n) is 3.57. The maximum atomic E-state index is 13.0. The van der Waals surface area contributed by atoms with Crippen molar-refractivity contribution in [2.24, 2.45) is 5.14 Å². The Morgan fingerprint density at radius 2 is 1.73 bits per heavy atom. The van der Waals surface area contributed by atoms with Crippen molar-refractivity contribution >= 4 is 31.6 Å². The summed E-state index contributed by atoms with van der Waals surface area (Å²) in [5.41, 5.74) is -6.79. The number of carbonyl (C=O) groups is 1. The fourth-order valence-corrected chi connectivity index (χ4v) is 3.72. The number of sulfone groups is 1. The number of hydrogen-bond acceptors (Lipinski definition) is 7. The summed E-state index contributed by atoms with van der Waals surface area (Å²) in [5.74, 6) is 0. The van der Waals surface area contributed by atoms with Crippen LogP contribution in [-0.2, 0) is 24.6 Å². The Labute approximate surface area is 173 Å². The van der Waals surface area contributed by atoms with Crippen LogP contribution >= 0.6 is 0 Å². The Morgan fingerprint density at radius 3 is 2.20 bits per heavy atom. The lowest BCUT2D eigenvalue weighted by Gasteiger charge is -2.24. The van der Waals surface area contributed by atoms with E-state index in [1.807, 2.05) is 0 Å². The Balaban J connectivity index is 2.99. The number of nitrogens with zero attached hydrogens (tertiary/aromatic N) is 1. The minimum absolute atomic E-state index is 0.0117. The number of ether oxygens (including phenoxy) is 1. The van der Waals surface area contributed by atoms with E-state index in [9.17, 15) is 34.8 Å². The molecule has 0 atom stereocenters. The first-order chi connectivity index (χ1) is 13.4. The molecule has 14 heteroatoms. The number of benzene rings is 1. The highest BCUT2D eigenvalue weighted by Gasteiger charge is 2.48. The number of amides is 1. The van der Waals surface area contributed by atoms with Crippen LogP contribution in [-0.4, -0.2) is 59.1 Å². The van der Waals surface area contributed by atoms with Gasteiger partial charge in [0.15, 0.2) is 0 Å². The van der Waals surface area contributed by atoms with E-state index >= 15 is 0 Å². The molecule has 9 nitrogen and oxygen atoms in total. The van der Waals surface area contributed by atoms with Crippen LogP contribution in [0.15, 0.2) is 28.0 Å². The number of hydrogen-bond donors (Lipinski definition) is 2. The van der Waals surface area contributed by atoms with Crippen LogP contribution < -0.4 is 10.5 Å². The fraction of sp³-hybridized carbons (Fsp3) is 0.562. The van der Waals surface area contributed by atoms with Crippen molar-refractivity contribution in [1.82, 2.24) is 4.90 Å². The standard InChI is InChI=1S/C16H24F3N3O6S2/c1-15(2,3)28-14(23)22(4)9-5-8-21-12-7-6-11(30(20,26)27)10-13(12)29(24,25)16(17,18)19/h6-7,10,21H,5,8-9H2,1-4H3,(H2,20,26,27). The minimum Gasteiger partial charge on any atom is -0.444 e. The molecule has 1 rings (SSSR count). The van der Waals surface area contributed by atoms with Gasteiger partial charge in [-0.25, -0.2) is 26.8 Å². The van der Waals surface area contributed by atoms with Gasteiger partial charge in [-0.2, -0.15) is 13.2 Å². The molecule has 30 heavy (non-hydrogen) atoms. The largest absolute Gasteiger partial charge is 0.501 e. The van der Waals surface area contributed by atoms with Gasteiger partial charge in [0.2, 0.25) is 10.0 Å². The van der Waals surface area contributed by atoms with Gasteiger partial charge in [-0.15, -0.1) is 0 Å². The van der Waals surface area contributed by atoms with Gasteiger partial charge in [-0.3, -0.25) is 0 Å². The molecule has 0 bridgehead atoms. The van der Waals surface area contributed by atoms with Crippen LogP contribution in [0.3, 0.4) is 0 Å². The number of primary sulfonamides is 1. The summed E-state index contributed by atoms with van der Waals surface area (Å²) in [4.78, 5) is 11.1. The summed E-state index contributed by atoms with van der Waals surface area (Å²) in [7, 11) is -8.80. The van der Waals surface area contributed by atoms with Crippen molar-refractivity contribution in [3.8, 4) is 0 Å². The monoisotopic (exact) mass is 475 g/mol. The zero-order chi connectivity index (χ0) is 23.5. The van der Waals surface area contributed by atoms with Crippen molar-refractivity contribution in [3.63, 3.8) is 0 Å². The van der Waals surface area contributed by atoms with Crippen molar-refractivity contribution in [3.05, 3.63) is 18.2 Å². The van der Waals surface area contributed by atoms with E-state index in [0.717, 1.165) is 12.1 Å². The van der Waals surface area contributed by atoms with E-state index in [-0.39, 0.29) is 19.5 Å². The highest BCUT2D eigenvalue weighted by Crippen LogP contribution is 2.35.